The molecule has 0 saturated heterocycles. The van der Waals surface area contributed by atoms with E-state index < -0.39 is 11.7 Å². The molecule has 0 radical (unpaired) electrons. The molecule has 1 aromatic rings. The Morgan fingerprint density at radius 1 is 1.16 bits per heavy atom. The molecule has 1 N–H and O–H groups in total. The molecule has 19 heavy (non-hydrogen) atoms. The van der Waals surface area contributed by atoms with Gasteiger partial charge in [-0.2, -0.15) is 13.2 Å². The lowest BCUT2D eigenvalue weighted by Gasteiger charge is -2.29. The second-order valence-corrected chi connectivity index (χ2v) is 5.82. The lowest BCUT2D eigenvalue weighted by atomic mass is 9.96. The molecule has 0 aromatic heterocycles. The smallest absolute Gasteiger partial charge is 0.297 e. The number of nitrogens with one attached hydrogen (secondary N) is 1. The Morgan fingerprint density at radius 3 is 2.16 bits per heavy atom. The predicted molar refractivity (Wildman–Crippen MR) is 69.8 cm³/mol. The number of rotatable bonds is 5. The van der Waals surface area contributed by atoms with Gasteiger partial charge in [0.05, 0.1) is 0 Å². The summed E-state index contributed by atoms with van der Waals surface area (Å²) in [6.45, 7) is 4.07. The molecule has 1 fully saturated rings. The van der Waals surface area contributed by atoms with Crippen molar-refractivity contribution in [3.63, 3.8) is 0 Å². The fraction of sp³-hybridized carbons (Fsp3) is 0.600. The van der Waals surface area contributed by atoms with Crippen LogP contribution in [-0.2, 0) is 0 Å². The zero-order valence-corrected chi connectivity index (χ0v) is 11.3. The van der Waals surface area contributed by atoms with Crippen molar-refractivity contribution in [1.29, 1.82) is 0 Å². The maximum atomic E-state index is 13.0. The third kappa shape index (κ3) is 3.30. The van der Waals surface area contributed by atoms with Crippen LogP contribution in [0.1, 0.15) is 44.7 Å². The Morgan fingerprint density at radius 2 is 1.74 bits per heavy atom. The monoisotopic (exact) mass is 271 g/mol. The van der Waals surface area contributed by atoms with Crippen LogP contribution in [0.5, 0.6) is 0 Å². The van der Waals surface area contributed by atoms with Crippen molar-refractivity contribution < 1.29 is 13.2 Å². The molecule has 1 unspecified atom stereocenters. The van der Waals surface area contributed by atoms with Crippen LogP contribution in [0.2, 0.25) is 0 Å². The normalized spacial score (nSPS) is 19.5. The highest BCUT2D eigenvalue weighted by atomic mass is 19.4. The summed E-state index contributed by atoms with van der Waals surface area (Å²) >= 11 is 0. The van der Waals surface area contributed by atoms with Gasteiger partial charge in [0.1, 0.15) is 5.54 Å². The molecule has 4 heteroatoms. The lowest BCUT2D eigenvalue weighted by molar-refractivity contribution is -0.168. The van der Waals surface area contributed by atoms with Crippen molar-refractivity contribution in [2.45, 2.75) is 50.9 Å². The van der Waals surface area contributed by atoms with Crippen molar-refractivity contribution >= 4 is 0 Å². The van der Waals surface area contributed by atoms with E-state index in [-0.39, 0.29) is 18.9 Å². The van der Waals surface area contributed by atoms with E-state index >= 15 is 0 Å². The Balaban J connectivity index is 2.16. The average molecular weight is 271 g/mol. The van der Waals surface area contributed by atoms with Crippen molar-refractivity contribution in [2.24, 2.45) is 5.92 Å². The number of hydrogen-bond acceptors (Lipinski definition) is 1. The molecule has 1 aliphatic carbocycles. The Labute approximate surface area is 112 Å². The van der Waals surface area contributed by atoms with Gasteiger partial charge in [-0.15, -0.1) is 0 Å². The first-order valence-corrected chi connectivity index (χ1v) is 6.73. The maximum absolute atomic E-state index is 13.0. The maximum Gasteiger partial charge on any atom is 0.406 e. The van der Waals surface area contributed by atoms with Gasteiger partial charge >= 0.3 is 6.18 Å². The average Bonchev–Trinajstić information content (AvgIpc) is 3.09. The molecule has 2 rings (SSSR count). The summed E-state index contributed by atoms with van der Waals surface area (Å²) < 4.78 is 39.1. The first kappa shape index (κ1) is 14.4. The summed E-state index contributed by atoms with van der Waals surface area (Å²) in [5, 5.41) is 2.87. The van der Waals surface area contributed by atoms with Crippen molar-refractivity contribution in [1.82, 2.24) is 5.32 Å². The molecule has 1 nitrogen and oxygen atoms in total. The van der Waals surface area contributed by atoms with Crippen molar-refractivity contribution in [3.05, 3.63) is 35.9 Å². The van der Waals surface area contributed by atoms with E-state index in [1.807, 2.05) is 44.2 Å². The van der Waals surface area contributed by atoms with Crippen LogP contribution in [0.25, 0.3) is 0 Å². The summed E-state index contributed by atoms with van der Waals surface area (Å²) in [6.07, 6.45) is -3.06. The minimum absolute atomic E-state index is 0.192. The van der Waals surface area contributed by atoms with Gasteiger partial charge in [-0.05, 0) is 30.7 Å². The van der Waals surface area contributed by atoms with Crippen LogP contribution in [0.15, 0.2) is 30.3 Å². The zero-order chi connectivity index (χ0) is 14.1. The van der Waals surface area contributed by atoms with E-state index in [9.17, 15) is 13.2 Å². The van der Waals surface area contributed by atoms with Crippen LogP contribution in [0.4, 0.5) is 13.2 Å². The van der Waals surface area contributed by atoms with Gasteiger partial charge in [-0.1, -0.05) is 44.2 Å². The summed E-state index contributed by atoms with van der Waals surface area (Å²) in [4.78, 5) is 0. The Hall–Kier alpha value is -1.03. The molecule has 0 amide bonds. The van der Waals surface area contributed by atoms with Crippen molar-refractivity contribution in [2.75, 3.05) is 0 Å². The van der Waals surface area contributed by atoms with Gasteiger partial charge in [-0.3, -0.25) is 5.32 Å². The van der Waals surface area contributed by atoms with Crippen LogP contribution >= 0.6 is 0 Å². The predicted octanol–water partition coefficient (Wildman–Crippen LogP) is 4.46. The molecule has 1 aliphatic rings. The molecule has 0 heterocycles. The molecular weight excluding hydrogens is 251 g/mol. The minimum Gasteiger partial charge on any atom is -0.297 e. The standard InChI is InChI=1S/C15H20F3N/c1-11(2)10-13(12-6-4-3-5-7-12)19-14(8-9-14)15(16,17)18/h3-7,11,13,19H,8-10H2,1-2H3. The van der Waals surface area contributed by atoms with Crippen molar-refractivity contribution in [3.8, 4) is 0 Å². The molecule has 0 spiro atoms. The molecule has 1 aromatic carbocycles. The lowest BCUT2D eigenvalue weighted by Crippen LogP contribution is -2.46. The second kappa shape index (κ2) is 5.16. The summed E-state index contributed by atoms with van der Waals surface area (Å²) in [5.41, 5.74) is -0.714. The number of alkyl halides is 3. The Kier molecular flexibility index (Phi) is 3.90. The molecule has 1 saturated carbocycles. The highest BCUT2D eigenvalue weighted by Crippen LogP contribution is 2.50. The largest absolute Gasteiger partial charge is 0.406 e. The minimum atomic E-state index is -4.16. The van der Waals surface area contributed by atoms with Gasteiger partial charge in [0.2, 0.25) is 0 Å². The molecule has 0 bridgehead atoms. The van der Waals surface area contributed by atoms with Gasteiger partial charge in [0, 0.05) is 6.04 Å². The van der Waals surface area contributed by atoms with E-state index in [0.29, 0.717) is 12.3 Å². The van der Waals surface area contributed by atoms with Crippen LogP contribution in [0, 0.1) is 5.92 Å². The number of halogens is 3. The third-order valence-electron chi connectivity index (χ3n) is 3.65. The molecule has 106 valence electrons. The van der Waals surface area contributed by atoms with E-state index in [1.165, 1.54) is 0 Å². The first-order chi connectivity index (χ1) is 8.84. The van der Waals surface area contributed by atoms with Crippen LogP contribution in [0.3, 0.4) is 0 Å². The van der Waals surface area contributed by atoms with E-state index in [0.717, 1.165) is 5.56 Å². The summed E-state index contributed by atoms with van der Waals surface area (Å²) in [5.74, 6) is 0.349. The van der Waals surface area contributed by atoms with Gasteiger partial charge in [0.25, 0.3) is 0 Å². The summed E-state index contributed by atoms with van der Waals surface area (Å²) in [7, 11) is 0. The molecule has 1 atom stereocenters. The SMILES string of the molecule is CC(C)CC(NC1(C(F)(F)F)CC1)c1ccccc1. The zero-order valence-electron chi connectivity index (χ0n) is 11.3. The van der Waals surface area contributed by atoms with Gasteiger partial charge in [-0.25, -0.2) is 0 Å². The topological polar surface area (TPSA) is 12.0 Å². The highest BCUT2D eigenvalue weighted by Gasteiger charge is 2.63. The van der Waals surface area contributed by atoms with E-state index in [2.05, 4.69) is 5.32 Å². The first-order valence-electron chi connectivity index (χ1n) is 6.73. The fourth-order valence-corrected chi connectivity index (χ4v) is 2.40. The molecular formula is C15H20F3N. The second-order valence-electron chi connectivity index (χ2n) is 5.82. The summed E-state index contributed by atoms with van der Waals surface area (Å²) in [6, 6.07) is 9.19. The van der Waals surface area contributed by atoms with E-state index in [1.54, 1.807) is 0 Å². The third-order valence-corrected chi connectivity index (χ3v) is 3.65. The number of benzene rings is 1. The van der Waals surface area contributed by atoms with Gasteiger partial charge in [0.15, 0.2) is 0 Å². The fourth-order valence-electron chi connectivity index (χ4n) is 2.40. The quantitative estimate of drug-likeness (QED) is 0.833. The van der Waals surface area contributed by atoms with Crippen LogP contribution in [-0.4, -0.2) is 11.7 Å². The molecule has 0 aliphatic heterocycles. The number of hydrogen-bond donors (Lipinski definition) is 1. The van der Waals surface area contributed by atoms with Crippen LogP contribution < -0.4 is 5.32 Å². The Bertz CT molecular complexity index is 407. The van der Waals surface area contributed by atoms with Gasteiger partial charge < -0.3 is 0 Å². The highest BCUT2D eigenvalue weighted by molar-refractivity contribution is 5.21. The van der Waals surface area contributed by atoms with E-state index in [4.69, 9.17) is 0 Å².